The Balaban J connectivity index is 0.00000420. The van der Waals surface area contributed by atoms with Gasteiger partial charge >= 0.3 is 0 Å². The van der Waals surface area contributed by atoms with Crippen molar-refractivity contribution in [3.8, 4) is 5.75 Å². The molecule has 9 nitrogen and oxygen atoms in total. The Morgan fingerprint density at radius 1 is 1.21 bits per heavy atom. The highest BCUT2D eigenvalue weighted by atomic mass is 127. The Labute approximate surface area is 188 Å². The van der Waals surface area contributed by atoms with Gasteiger partial charge in [-0.2, -0.15) is 0 Å². The number of aliphatic imine (C=N–C) groups is 1. The molecule has 2 amide bonds. The quantitative estimate of drug-likeness (QED) is 0.145. The van der Waals surface area contributed by atoms with Crippen LogP contribution in [0.25, 0.3) is 0 Å². The molecule has 0 aromatic heterocycles. The van der Waals surface area contributed by atoms with E-state index in [1.54, 1.807) is 12.1 Å². The van der Waals surface area contributed by atoms with E-state index in [0.717, 1.165) is 38.4 Å². The third kappa shape index (κ3) is 9.31. The standard InChI is InChI=1S/C19H30N6O3.HI/c1-2-21-19(24-15-7-11-25(12-8-15)13-17(20)27)23-10-9-22-18(28)14-3-5-16(26)6-4-14;/h3-6,15,26H,2,7-13H2,1H3,(H2,20,27)(H,22,28)(H2,21,23,24);1H. The van der Waals surface area contributed by atoms with Crippen LogP contribution in [0.15, 0.2) is 29.3 Å². The summed E-state index contributed by atoms with van der Waals surface area (Å²) in [5.41, 5.74) is 5.74. The number of guanidine groups is 1. The van der Waals surface area contributed by atoms with Crippen LogP contribution < -0.4 is 21.7 Å². The number of phenolic OH excluding ortho intramolecular Hbond substituents is 1. The summed E-state index contributed by atoms with van der Waals surface area (Å²) in [5.74, 6) is 0.350. The van der Waals surface area contributed by atoms with Gasteiger partial charge in [0.25, 0.3) is 5.91 Å². The van der Waals surface area contributed by atoms with Crippen LogP contribution in [0, 0.1) is 0 Å². The van der Waals surface area contributed by atoms with Crippen LogP contribution in [0.5, 0.6) is 5.75 Å². The highest BCUT2D eigenvalue weighted by molar-refractivity contribution is 14.0. The first-order valence-electron chi connectivity index (χ1n) is 9.60. The molecule has 1 fully saturated rings. The first-order valence-corrected chi connectivity index (χ1v) is 9.60. The van der Waals surface area contributed by atoms with Gasteiger partial charge < -0.3 is 26.8 Å². The van der Waals surface area contributed by atoms with Crippen LogP contribution in [0.2, 0.25) is 0 Å². The van der Waals surface area contributed by atoms with Crippen LogP contribution >= 0.6 is 24.0 Å². The van der Waals surface area contributed by atoms with Gasteiger partial charge in [-0.25, -0.2) is 0 Å². The number of likely N-dealkylation sites (tertiary alicyclic amines) is 1. The fourth-order valence-electron chi connectivity index (χ4n) is 3.02. The number of nitrogens with one attached hydrogen (secondary N) is 3. The van der Waals surface area contributed by atoms with Gasteiger partial charge in [0.2, 0.25) is 5.91 Å². The molecule has 1 aromatic carbocycles. The third-order valence-electron chi connectivity index (χ3n) is 4.45. The second-order valence-electron chi connectivity index (χ2n) is 6.72. The predicted octanol–water partition coefficient (Wildman–Crippen LogP) is 0.245. The highest BCUT2D eigenvalue weighted by Crippen LogP contribution is 2.10. The number of rotatable bonds is 8. The summed E-state index contributed by atoms with van der Waals surface area (Å²) in [6.45, 7) is 5.55. The van der Waals surface area contributed by atoms with Crippen molar-refractivity contribution in [2.24, 2.45) is 10.7 Å². The third-order valence-corrected chi connectivity index (χ3v) is 4.45. The molecule has 1 saturated heterocycles. The van der Waals surface area contributed by atoms with Crippen LogP contribution in [0.3, 0.4) is 0 Å². The minimum atomic E-state index is -0.296. The highest BCUT2D eigenvalue weighted by Gasteiger charge is 2.20. The van der Waals surface area contributed by atoms with Crippen LogP contribution in [-0.2, 0) is 4.79 Å². The number of carbonyl (C=O) groups excluding carboxylic acids is 2. The second-order valence-corrected chi connectivity index (χ2v) is 6.72. The summed E-state index contributed by atoms with van der Waals surface area (Å²) in [4.78, 5) is 29.6. The van der Waals surface area contributed by atoms with Crippen molar-refractivity contribution in [1.82, 2.24) is 20.9 Å². The summed E-state index contributed by atoms with van der Waals surface area (Å²) in [5, 5.41) is 18.7. The maximum atomic E-state index is 12.0. The normalized spacial score (nSPS) is 15.3. The lowest BCUT2D eigenvalue weighted by molar-refractivity contribution is -0.119. The van der Waals surface area contributed by atoms with Gasteiger partial charge in [0, 0.05) is 37.8 Å². The molecule has 10 heteroatoms. The molecule has 0 saturated carbocycles. The number of primary amides is 1. The Kier molecular flexibility index (Phi) is 11.4. The van der Waals surface area contributed by atoms with Crippen molar-refractivity contribution >= 4 is 41.8 Å². The lowest BCUT2D eigenvalue weighted by Gasteiger charge is -2.32. The van der Waals surface area contributed by atoms with Crippen molar-refractivity contribution < 1.29 is 14.7 Å². The zero-order valence-corrected chi connectivity index (χ0v) is 19.0. The summed E-state index contributed by atoms with van der Waals surface area (Å²) < 4.78 is 0. The number of nitrogens with two attached hydrogens (primary N) is 1. The van der Waals surface area contributed by atoms with Gasteiger partial charge in [-0.05, 0) is 44.0 Å². The average Bonchev–Trinajstić information content (AvgIpc) is 2.67. The van der Waals surface area contributed by atoms with E-state index in [2.05, 4.69) is 25.8 Å². The number of amides is 2. The van der Waals surface area contributed by atoms with E-state index in [0.29, 0.717) is 25.2 Å². The van der Waals surface area contributed by atoms with Crippen molar-refractivity contribution in [3.63, 3.8) is 0 Å². The molecular weight excluding hydrogens is 487 g/mol. The zero-order chi connectivity index (χ0) is 20.4. The topological polar surface area (TPSA) is 132 Å². The van der Waals surface area contributed by atoms with Gasteiger partial charge in [-0.15, -0.1) is 24.0 Å². The Morgan fingerprint density at radius 3 is 2.45 bits per heavy atom. The number of phenols is 1. The maximum absolute atomic E-state index is 12.0. The van der Waals surface area contributed by atoms with Crippen LogP contribution in [-0.4, -0.2) is 73.1 Å². The SMILES string of the molecule is CCNC(=NCCNC(=O)c1ccc(O)cc1)NC1CCN(CC(N)=O)CC1.I. The molecule has 0 unspecified atom stereocenters. The van der Waals surface area contributed by atoms with Gasteiger partial charge in [0.05, 0.1) is 13.1 Å². The second kappa shape index (κ2) is 13.2. The first kappa shape index (κ1) is 25.0. The van der Waals surface area contributed by atoms with Gasteiger partial charge in [-0.3, -0.25) is 19.5 Å². The van der Waals surface area contributed by atoms with Crippen molar-refractivity contribution in [2.75, 3.05) is 39.3 Å². The van der Waals surface area contributed by atoms with Gasteiger partial charge in [-0.1, -0.05) is 0 Å². The lowest BCUT2D eigenvalue weighted by atomic mass is 10.1. The molecule has 0 aliphatic carbocycles. The number of benzene rings is 1. The van der Waals surface area contributed by atoms with E-state index in [1.165, 1.54) is 12.1 Å². The van der Waals surface area contributed by atoms with E-state index in [4.69, 9.17) is 5.73 Å². The molecule has 0 atom stereocenters. The first-order chi connectivity index (χ1) is 13.5. The number of carbonyl (C=O) groups is 2. The van der Waals surface area contributed by atoms with E-state index in [1.807, 2.05) is 6.92 Å². The molecule has 162 valence electrons. The van der Waals surface area contributed by atoms with Crippen LogP contribution in [0.4, 0.5) is 0 Å². The number of halogens is 1. The molecule has 0 spiro atoms. The summed E-state index contributed by atoms with van der Waals surface area (Å²) in [7, 11) is 0. The fraction of sp³-hybridized carbons (Fsp3) is 0.526. The molecule has 2 rings (SSSR count). The largest absolute Gasteiger partial charge is 0.508 e. The predicted molar refractivity (Wildman–Crippen MR) is 124 cm³/mol. The number of hydrogen-bond donors (Lipinski definition) is 5. The Hall–Kier alpha value is -2.08. The average molecular weight is 518 g/mol. The van der Waals surface area contributed by atoms with Gasteiger partial charge in [0.15, 0.2) is 5.96 Å². The molecule has 1 heterocycles. The molecule has 1 aliphatic heterocycles. The Morgan fingerprint density at radius 2 is 1.86 bits per heavy atom. The Bertz CT molecular complexity index is 675. The zero-order valence-electron chi connectivity index (χ0n) is 16.7. The lowest BCUT2D eigenvalue weighted by Crippen LogP contribution is -2.50. The van der Waals surface area contributed by atoms with Crippen LogP contribution in [0.1, 0.15) is 30.1 Å². The van der Waals surface area contributed by atoms with E-state index < -0.39 is 0 Å². The number of piperidine rings is 1. The van der Waals surface area contributed by atoms with Crippen molar-refractivity contribution in [3.05, 3.63) is 29.8 Å². The van der Waals surface area contributed by atoms with E-state index >= 15 is 0 Å². The number of aromatic hydroxyl groups is 1. The molecule has 0 radical (unpaired) electrons. The number of hydrogen-bond acceptors (Lipinski definition) is 5. The molecule has 6 N–H and O–H groups in total. The molecule has 0 bridgehead atoms. The maximum Gasteiger partial charge on any atom is 0.251 e. The van der Waals surface area contributed by atoms with E-state index in [9.17, 15) is 14.7 Å². The molecule has 1 aliphatic rings. The summed E-state index contributed by atoms with van der Waals surface area (Å²) in [6.07, 6.45) is 1.82. The van der Waals surface area contributed by atoms with Crippen molar-refractivity contribution in [1.29, 1.82) is 0 Å². The molecule has 1 aromatic rings. The summed E-state index contributed by atoms with van der Waals surface area (Å²) >= 11 is 0. The van der Waals surface area contributed by atoms with Gasteiger partial charge in [0.1, 0.15) is 5.75 Å². The monoisotopic (exact) mass is 518 g/mol. The minimum Gasteiger partial charge on any atom is -0.508 e. The van der Waals surface area contributed by atoms with Crippen molar-refractivity contribution in [2.45, 2.75) is 25.8 Å². The number of nitrogens with zero attached hydrogens (tertiary/aromatic N) is 2. The van der Waals surface area contributed by atoms with E-state index in [-0.39, 0.29) is 47.6 Å². The fourth-order valence-corrected chi connectivity index (χ4v) is 3.02. The smallest absolute Gasteiger partial charge is 0.251 e. The molecular formula is C19H31IN6O3. The molecule has 29 heavy (non-hydrogen) atoms. The summed E-state index contributed by atoms with van der Waals surface area (Å²) in [6, 6.07) is 6.40. The minimum absolute atomic E-state index is 0.